The Morgan fingerprint density at radius 1 is 1.11 bits per heavy atom. The summed E-state index contributed by atoms with van der Waals surface area (Å²) in [5.74, 6) is -0.0476. The Balaban J connectivity index is 1.44. The van der Waals surface area contributed by atoms with Gasteiger partial charge < -0.3 is 25.3 Å². The smallest absolute Gasteiger partial charge is 0.229 e. The molecule has 204 valence electrons. The van der Waals surface area contributed by atoms with Gasteiger partial charge in [-0.15, -0.1) is 11.3 Å². The maximum absolute atomic E-state index is 13.6. The number of fused-ring (bicyclic) bond motifs is 2. The van der Waals surface area contributed by atoms with Crippen molar-refractivity contribution in [3.05, 3.63) is 10.6 Å². The predicted octanol–water partition coefficient (Wildman–Crippen LogP) is 2.38. The van der Waals surface area contributed by atoms with Crippen molar-refractivity contribution in [3.63, 3.8) is 0 Å². The molecule has 0 spiro atoms. The molecule has 3 amide bonds. The summed E-state index contributed by atoms with van der Waals surface area (Å²) in [6, 6.07) is 0. The van der Waals surface area contributed by atoms with Gasteiger partial charge in [0.05, 0.1) is 18.4 Å². The summed E-state index contributed by atoms with van der Waals surface area (Å²) in [6.07, 6.45) is 4.56. The van der Waals surface area contributed by atoms with Crippen LogP contribution in [-0.4, -0.2) is 81.6 Å². The van der Waals surface area contributed by atoms with Gasteiger partial charge in [0.2, 0.25) is 17.7 Å². The summed E-state index contributed by atoms with van der Waals surface area (Å²) >= 11 is 1.48. The summed E-state index contributed by atoms with van der Waals surface area (Å²) in [5, 5.41) is 25.0. The van der Waals surface area contributed by atoms with Crippen LogP contribution in [0.4, 0.5) is 5.13 Å². The fourth-order valence-corrected chi connectivity index (χ4v) is 8.22. The lowest BCUT2D eigenvalue weighted by Gasteiger charge is -2.58. The number of nitrogens with zero attached hydrogens (tertiary/aromatic N) is 3. The van der Waals surface area contributed by atoms with E-state index in [0.29, 0.717) is 44.2 Å². The lowest BCUT2D eigenvalue weighted by atomic mass is 9.47. The first-order chi connectivity index (χ1) is 17.6. The Labute approximate surface area is 222 Å². The molecule has 1 aromatic rings. The maximum Gasteiger partial charge on any atom is 0.229 e. The van der Waals surface area contributed by atoms with Gasteiger partial charge in [0, 0.05) is 61.7 Å². The number of thiazole rings is 1. The van der Waals surface area contributed by atoms with E-state index in [1.54, 1.807) is 11.8 Å². The fourth-order valence-electron chi connectivity index (χ4n) is 7.15. The lowest BCUT2D eigenvalue weighted by molar-refractivity contribution is -0.149. The highest BCUT2D eigenvalue weighted by Crippen LogP contribution is 2.63. The number of hydrogen-bond acceptors (Lipinski definition) is 7. The van der Waals surface area contributed by atoms with E-state index in [-0.39, 0.29) is 53.9 Å². The van der Waals surface area contributed by atoms with Gasteiger partial charge in [-0.05, 0) is 43.4 Å². The van der Waals surface area contributed by atoms with E-state index in [0.717, 1.165) is 36.3 Å². The lowest BCUT2D eigenvalue weighted by Crippen LogP contribution is -2.58. The van der Waals surface area contributed by atoms with Crippen molar-refractivity contribution in [2.24, 2.45) is 22.7 Å². The average molecular weight is 533 g/mol. The summed E-state index contributed by atoms with van der Waals surface area (Å²) in [7, 11) is 0. The van der Waals surface area contributed by atoms with Crippen LogP contribution in [0.3, 0.4) is 0 Å². The SMILES string of the molecule is CC(=O)N1CCN(C(=O)CC2c3nc(NC(=O)C4CCC4)sc3CC3C(C)(CO)C(O)CCC23C)CC1. The van der Waals surface area contributed by atoms with Crippen molar-refractivity contribution >= 4 is 34.2 Å². The normalized spacial score (nSPS) is 33.8. The molecule has 5 rings (SSSR count). The zero-order valence-electron chi connectivity index (χ0n) is 22.2. The molecule has 0 bridgehead atoms. The third-order valence-corrected chi connectivity index (χ3v) is 11.1. The van der Waals surface area contributed by atoms with Crippen LogP contribution in [0.1, 0.15) is 75.8 Å². The van der Waals surface area contributed by atoms with Crippen LogP contribution in [0.25, 0.3) is 0 Å². The second-order valence-electron chi connectivity index (χ2n) is 12.1. The number of amides is 3. The molecule has 3 aliphatic carbocycles. The molecule has 3 fully saturated rings. The standard InChI is InChI=1S/C27H40N4O5S/c1-16(33)30-9-11-31(12-10-30)22(35)13-18-23-19(37-25(28-23)29-24(36)17-5-4-6-17)14-20-26(18,2)8-7-21(34)27(20,3)15-32/h17-18,20-21,32,34H,4-15H2,1-3H3,(H,28,29,36). The molecule has 4 aliphatic rings. The molecular weight excluding hydrogens is 492 g/mol. The predicted molar refractivity (Wildman–Crippen MR) is 140 cm³/mol. The molecule has 0 aromatic carbocycles. The molecule has 9 nitrogen and oxygen atoms in total. The maximum atomic E-state index is 13.6. The minimum absolute atomic E-state index is 0.0209. The van der Waals surface area contributed by atoms with Gasteiger partial charge in [0.1, 0.15) is 0 Å². The zero-order valence-corrected chi connectivity index (χ0v) is 23.0. The van der Waals surface area contributed by atoms with Gasteiger partial charge in [0.25, 0.3) is 0 Å². The van der Waals surface area contributed by atoms with Crippen LogP contribution in [0.5, 0.6) is 0 Å². The zero-order chi connectivity index (χ0) is 26.5. The number of carbonyl (C=O) groups excluding carboxylic acids is 3. The molecule has 1 aromatic heterocycles. The molecule has 1 saturated heterocycles. The Morgan fingerprint density at radius 3 is 2.38 bits per heavy atom. The number of rotatable bonds is 5. The largest absolute Gasteiger partial charge is 0.396 e. The average Bonchev–Trinajstić information content (AvgIpc) is 3.23. The minimum atomic E-state index is -0.682. The number of aliphatic hydroxyl groups excluding tert-OH is 2. The van der Waals surface area contributed by atoms with Crippen molar-refractivity contribution in [2.45, 2.75) is 77.7 Å². The van der Waals surface area contributed by atoms with E-state index in [4.69, 9.17) is 4.98 Å². The molecule has 37 heavy (non-hydrogen) atoms. The Hall–Kier alpha value is -2.04. The van der Waals surface area contributed by atoms with Crippen LogP contribution >= 0.6 is 11.3 Å². The summed E-state index contributed by atoms with van der Waals surface area (Å²) in [5.41, 5.74) is -0.123. The molecule has 3 N–H and O–H groups in total. The first-order valence-electron chi connectivity index (χ1n) is 13.7. The van der Waals surface area contributed by atoms with Crippen molar-refractivity contribution < 1.29 is 24.6 Å². The third kappa shape index (κ3) is 4.59. The number of aromatic nitrogens is 1. The topological polar surface area (TPSA) is 123 Å². The van der Waals surface area contributed by atoms with Crippen molar-refractivity contribution in [1.29, 1.82) is 0 Å². The number of nitrogens with one attached hydrogen (secondary N) is 1. The molecule has 5 unspecified atom stereocenters. The Kier molecular flexibility index (Phi) is 7.13. The van der Waals surface area contributed by atoms with Crippen LogP contribution in [0.15, 0.2) is 0 Å². The molecule has 2 saturated carbocycles. The first-order valence-corrected chi connectivity index (χ1v) is 14.5. The van der Waals surface area contributed by atoms with E-state index in [9.17, 15) is 24.6 Å². The number of hydrogen-bond donors (Lipinski definition) is 3. The number of anilines is 1. The van der Waals surface area contributed by atoms with Crippen molar-refractivity contribution in [2.75, 3.05) is 38.1 Å². The highest BCUT2D eigenvalue weighted by molar-refractivity contribution is 7.15. The summed E-state index contributed by atoms with van der Waals surface area (Å²) < 4.78 is 0. The van der Waals surface area contributed by atoms with E-state index in [1.165, 1.54) is 11.3 Å². The molecule has 5 atom stereocenters. The quantitative estimate of drug-likeness (QED) is 0.535. The Bertz CT molecular complexity index is 1070. The van der Waals surface area contributed by atoms with E-state index in [2.05, 4.69) is 12.2 Å². The molecular formula is C27H40N4O5S. The van der Waals surface area contributed by atoms with Crippen LogP contribution < -0.4 is 5.32 Å². The number of carbonyl (C=O) groups is 3. The van der Waals surface area contributed by atoms with E-state index >= 15 is 0 Å². The van der Waals surface area contributed by atoms with Crippen molar-refractivity contribution in [3.8, 4) is 0 Å². The van der Waals surface area contributed by atoms with Gasteiger partial charge in [0.15, 0.2) is 5.13 Å². The molecule has 10 heteroatoms. The second-order valence-corrected chi connectivity index (χ2v) is 13.2. The second kappa shape index (κ2) is 9.93. The van der Waals surface area contributed by atoms with E-state index < -0.39 is 11.5 Å². The highest BCUT2D eigenvalue weighted by Gasteiger charge is 2.59. The monoisotopic (exact) mass is 532 g/mol. The molecule has 1 aliphatic heterocycles. The highest BCUT2D eigenvalue weighted by atomic mass is 32.1. The van der Waals surface area contributed by atoms with Crippen LogP contribution in [0.2, 0.25) is 0 Å². The molecule has 2 heterocycles. The van der Waals surface area contributed by atoms with Gasteiger partial charge in [-0.3, -0.25) is 14.4 Å². The number of aliphatic hydroxyl groups is 2. The van der Waals surface area contributed by atoms with E-state index in [1.807, 2.05) is 11.8 Å². The van der Waals surface area contributed by atoms with Gasteiger partial charge in [-0.25, -0.2) is 4.98 Å². The first kappa shape index (κ1) is 26.6. The third-order valence-electron chi connectivity index (χ3n) is 10.1. The Morgan fingerprint density at radius 2 is 1.78 bits per heavy atom. The summed E-state index contributed by atoms with van der Waals surface area (Å²) in [4.78, 5) is 47.6. The minimum Gasteiger partial charge on any atom is -0.396 e. The van der Waals surface area contributed by atoms with Crippen molar-refractivity contribution in [1.82, 2.24) is 14.8 Å². The van der Waals surface area contributed by atoms with Crippen LogP contribution in [0, 0.1) is 22.7 Å². The summed E-state index contributed by atoms with van der Waals surface area (Å²) in [6.45, 7) is 7.71. The fraction of sp³-hybridized carbons (Fsp3) is 0.778. The molecule has 0 radical (unpaired) electrons. The van der Waals surface area contributed by atoms with Gasteiger partial charge in [-0.2, -0.15) is 0 Å². The van der Waals surface area contributed by atoms with Crippen LogP contribution in [-0.2, 0) is 20.8 Å². The van der Waals surface area contributed by atoms with Gasteiger partial charge >= 0.3 is 0 Å². The number of piperazine rings is 1. The van der Waals surface area contributed by atoms with Gasteiger partial charge in [-0.1, -0.05) is 20.3 Å².